The van der Waals surface area contributed by atoms with Gasteiger partial charge in [0.05, 0.1) is 0 Å². The van der Waals surface area contributed by atoms with Crippen LogP contribution in [0.2, 0.25) is 0 Å². The fourth-order valence-electron chi connectivity index (χ4n) is 2.55. The molecule has 2 aromatic rings. The van der Waals surface area contributed by atoms with Crippen LogP contribution in [0.3, 0.4) is 0 Å². The van der Waals surface area contributed by atoms with E-state index < -0.39 is 0 Å². The van der Waals surface area contributed by atoms with Gasteiger partial charge >= 0.3 is 0 Å². The molecule has 3 rings (SSSR count). The molecule has 0 saturated carbocycles. The van der Waals surface area contributed by atoms with Gasteiger partial charge in [-0.2, -0.15) is 0 Å². The van der Waals surface area contributed by atoms with Gasteiger partial charge in [-0.1, -0.05) is 48.1 Å². The molecule has 4 nitrogen and oxygen atoms in total. The second-order valence-corrected chi connectivity index (χ2v) is 5.63. The van der Waals surface area contributed by atoms with Crippen LogP contribution >= 0.6 is 11.3 Å². The Morgan fingerprint density at radius 1 is 1.11 bits per heavy atom. The Labute approximate surface area is 117 Å². The SMILES string of the molecule is c1ccc([C@@H](Nc2nncs2)N2CCCCC2)cc1. The molecule has 1 aliphatic rings. The standard InChI is InChI=1S/C14H18N4S/c1-3-7-12(8-4-1)13(16-14-17-15-11-19-14)18-9-5-2-6-10-18/h1,3-4,7-8,11,13H,2,5-6,9-10H2,(H,16,17)/t13-/m0/s1. The van der Waals surface area contributed by atoms with E-state index in [1.54, 1.807) is 16.8 Å². The van der Waals surface area contributed by atoms with Crippen LogP contribution in [0.4, 0.5) is 5.13 Å². The van der Waals surface area contributed by atoms with Gasteiger partial charge in [-0.05, 0) is 18.4 Å². The lowest BCUT2D eigenvalue weighted by molar-refractivity contribution is 0.180. The Morgan fingerprint density at radius 2 is 1.89 bits per heavy atom. The summed E-state index contributed by atoms with van der Waals surface area (Å²) < 4.78 is 0. The van der Waals surface area contributed by atoms with Crippen molar-refractivity contribution in [3.8, 4) is 0 Å². The summed E-state index contributed by atoms with van der Waals surface area (Å²) in [7, 11) is 0. The first-order valence-corrected chi connectivity index (χ1v) is 7.63. The van der Waals surface area contributed by atoms with E-state index in [0.717, 1.165) is 18.2 Å². The first kappa shape index (κ1) is 12.6. The Morgan fingerprint density at radius 3 is 2.58 bits per heavy atom. The lowest BCUT2D eigenvalue weighted by Crippen LogP contribution is -2.37. The average molecular weight is 274 g/mol. The summed E-state index contributed by atoms with van der Waals surface area (Å²) in [5.74, 6) is 0. The van der Waals surface area contributed by atoms with Crippen LogP contribution in [0.15, 0.2) is 35.8 Å². The number of nitrogens with one attached hydrogen (secondary N) is 1. The van der Waals surface area contributed by atoms with Crippen molar-refractivity contribution in [1.29, 1.82) is 0 Å². The van der Waals surface area contributed by atoms with Crippen molar-refractivity contribution >= 4 is 16.5 Å². The van der Waals surface area contributed by atoms with Gasteiger partial charge in [0.2, 0.25) is 5.13 Å². The quantitative estimate of drug-likeness (QED) is 0.930. The molecule has 0 bridgehead atoms. The van der Waals surface area contributed by atoms with E-state index in [2.05, 4.69) is 50.7 Å². The first-order valence-electron chi connectivity index (χ1n) is 6.75. The molecule has 0 radical (unpaired) electrons. The van der Waals surface area contributed by atoms with Crippen LogP contribution < -0.4 is 5.32 Å². The van der Waals surface area contributed by atoms with Crippen molar-refractivity contribution < 1.29 is 0 Å². The third-order valence-corrected chi connectivity index (χ3v) is 4.11. The summed E-state index contributed by atoms with van der Waals surface area (Å²) in [4.78, 5) is 2.50. The molecular weight excluding hydrogens is 256 g/mol. The minimum atomic E-state index is 0.203. The molecule has 1 aromatic heterocycles. The van der Waals surface area contributed by atoms with E-state index in [1.165, 1.54) is 24.8 Å². The molecule has 1 saturated heterocycles. The van der Waals surface area contributed by atoms with Gasteiger partial charge < -0.3 is 5.32 Å². The largest absolute Gasteiger partial charge is 0.340 e. The van der Waals surface area contributed by atoms with Gasteiger partial charge in [0.15, 0.2) is 0 Å². The molecule has 1 N–H and O–H groups in total. The van der Waals surface area contributed by atoms with Crippen molar-refractivity contribution in [3.05, 3.63) is 41.4 Å². The van der Waals surface area contributed by atoms with E-state index in [4.69, 9.17) is 0 Å². The zero-order chi connectivity index (χ0) is 12.9. The molecule has 1 atom stereocenters. The summed E-state index contributed by atoms with van der Waals surface area (Å²) in [6.45, 7) is 2.29. The van der Waals surface area contributed by atoms with Crippen LogP contribution in [0.25, 0.3) is 0 Å². The average Bonchev–Trinajstić information content (AvgIpc) is 3.00. The van der Waals surface area contributed by atoms with Gasteiger partial charge in [-0.3, -0.25) is 4.90 Å². The number of hydrogen-bond donors (Lipinski definition) is 1. The van der Waals surface area contributed by atoms with Crippen LogP contribution in [0, 0.1) is 0 Å². The molecule has 0 unspecified atom stereocenters. The molecule has 100 valence electrons. The lowest BCUT2D eigenvalue weighted by atomic mass is 10.1. The Hall–Kier alpha value is -1.46. The number of anilines is 1. The highest BCUT2D eigenvalue weighted by Gasteiger charge is 2.22. The number of rotatable bonds is 4. The van der Waals surface area contributed by atoms with Crippen LogP contribution in [0.5, 0.6) is 0 Å². The van der Waals surface area contributed by atoms with Crippen molar-refractivity contribution in [3.63, 3.8) is 0 Å². The third-order valence-electron chi connectivity index (χ3n) is 3.49. The van der Waals surface area contributed by atoms with Crippen molar-refractivity contribution in [2.75, 3.05) is 18.4 Å². The summed E-state index contributed by atoms with van der Waals surface area (Å²) in [6.07, 6.45) is 4.11. The summed E-state index contributed by atoms with van der Waals surface area (Å²) in [5, 5.41) is 12.4. The summed E-state index contributed by atoms with van der Waals surface area (Å²) in [5.41, 5.74) is 3.06. The first-order chi connectivity index (χ1) is 9.43. The summed E-state index contributed by atoms with van der Waals surface area (Å²) in [6, 6.07) is 10.6. The Kier molecular flexibility index (Phi) is 4.05. The smallest absolute Gasteiger partial charge is 0.206 e. The number of benzene rings is 1. The molecule has 1 fully saturated rings. The highest BCUT2D eigenvalue weighted by Crippen LogP contribution is 2.26. The van der Waals surface area contributed by atoms with Gasteiger partial charge in [0.1, 0.15) is 11.7 Å². The Bertz CT molecular complexity index is 479. The van der Waals surface area contributed by atoms with Crippen LogP contribution in [-0.4, -0.2) is 28.2 Å². The topological polar surface area (TPSA) is 41.1 Å². The monoisotopic (exact) mass is 274 g/mol. The predicted octanol–water partition coefficient (Wildman–Crippen LogP) is 3.13. The maximum absolute atomic E-state index is 4.11. The van der Waals surface area contributed by atoms with Crippen molar-refractivity contribution in [2.24, 2.45) is 0 Å². The highest BCUT2D eigenvalue weighted by molar-refractivity contribution is 7.13. The van der Waals surface area contributed by atoms with E-state index >= 15 is 0 Å². The van der Waals surface area contributed by atoms with Gasteiger partial charge in [0, 0.05) is 13.1 Å². The molecular formula is C14H18N4S. The van der Waals surface area contributed by atoms with E-state index in [-0.39, 0.29) is 6.17 Å². The minimum absolute atomic E-state index is 0.203. The number of hydrogen-bond acceptors (Lipinski definition) is 5. The predicted molar refractivity (Wildman–Crippen MR) is 78.1 cm³/mol. The van der Waals surface area contributed by atoms with E-state index in [9.17, 15) is 0 Å². The second kappa shape index (κ2) is 6.12. The van der Waals surface area contributed by atoms with Gasteiger partial charge in [-0.15, -0.1) is 10.2 Å². The Balaban J connectivity index is 1.82. The third kappa shape index (κ3) is 3.11. The maximum Gasteiger partial charge on any atom is 0.206 e. The molecule has 1 aliphatic heterocycles. The minimum Gasteiger partial charge on any atom is -0.340 e. The van der Waals surface area contributed by atoms with E-state index in [0.29, 0.717) is 0 Å². The van der Waals surface area contributed by atoms with Crippen LogP contribution in [-0.2, 0) is 0 Å². The molecule has 5 heteroatoms. The highest BCUT2D eigenvalue weighted by atomic mass is 32.1. The molecule has 1 aromatic carbocycles. The van der Waals surface area contributed by atoms with Crippen molar-refractivity contribution in [1.82, 2.24) is 15.1 Å². The van der Waals surface area contributed by atoms with Gasteiger partial charge in [0.25, 0.3) is 0 Å². The fourth-order valence-corrected chi connectivity index (χ4v) is 3.02. The second-order valence-electron chi connectivity index (χ2n) is 4.80. The van der Waals surface area contributed by atoms with Crippen molar-refractivity contribution in [2.45, 2.75) is 25.4 Å². The molecule has 0 aliphatic carbocycles. The summed E-state index contributed by atoms with van der Waals surface area (Å²) >= 11 is 1.55. The zero-order valence-corrected chi connectivity index (χ0v) is 11.6. The molecule has 2 heterocycles. The number of aromatic nitrogens is 2. The molecule has 0 spiro atoms. The lowest BCUT2D eigenvalue weighted by Gasteiger charge is -2.35. The maximum atomic E-state index is 4.11. The number of likely N-dealkylation sites (tertiary alicyclic amines) is 1. The normalized spacial score (nSPS) is 18.1. The zero-order valence-electron chi connectivity index (χ0n) is 10.8. The molecule has 19 heavy (non-hydrogen) atoms. The van der Waals surface area contributed by atoms with Crippen LogP contribution in [0.1, 0.15) is 31.0 Å². The fraction of sp³-hybridized carbons (Fsp3) is 0.429. The molecule has 0 amide bonds. The number of nitrogens with zero attached hydrogens (tertiary/aromatic N) is 3. The number of piperidine rings is 1. The van der Waals surface area contributed by atoms with E-state index in [1.807, 2.05) is 0 Å². The van der Waals surface area contributed by atoms with Gasteiger partial charge in [-0.25, -0.2) is 0 Å².